The van der Waals surface area contributed by atoms with Gasteiger partial charge in [-0.2, -0.15) is 0 Å². The second-order valence-corrected chi connectivity index (χ2v) is 4.54. The van der Waals surface area contributed by atoms with Gasteiger partial charge >= 0.3 is 0 Å². The maximum absolute atomic E-state index is 4.45. The van der Waals surface area contributed by atoms with Crippen molar-refractivity contribution in [3.05, 3.63) is 0 Å². The molecule has 0 unspecified atom stereocenters. The maximum atomic E-state index is 4.45. The smallest absolute Gasteiger partial charge is 0.159 e. The van der Waals surface area contributed by atoms with Crippen LogP contribution in [0.5, 0.6) is 0 Å². The zero-order valence-corrected chi connectivity index (χ0v) is 9.55. The summed E-state index contributed by atoms with van der Waals surface area (Å²) in [6.07, 6.45) is 0. The van der Waals surface area contributed by atoms with Gasteiger partial charge in [-0.1, -0.05) is 11.8 Å². The van der Waals surface area contributed by atoms with Crippen LogP contribution in [-0.2, 0) is 0 Å². The maximum Gasteiger partial charge on any atom is 0.159 e. The van der Waals surface area contributed by atoms with E-state index in [1.54, 1.807) is 11.8 Å². The highest BCUT2D eigenvalue weighted by molar-refractivity contribution is 8.14. The van der Waals surface area contributed by atoms with Gasteiger partial charge in [0.1, 0.15) is 5.84 Å². The number of hydrogen-bond donors (Lipinski definition) is 0. The molecule has 0 spiro atoms. The first-order chi connectivity index (χ1) is 6.77. The van der Waals surface area contributed by atoms with Gasteiger partial charge in [0.25, 0.3) is 0 Å². The van der Waals surface area contributed by atoms with Crippen LogP contribution < -0.4 is 0 Å². The molecule has 0 amide bonds. The predicted octanol–water partition coefficient (Wildman–Crippen LogP) is 0.365. The summed E-state index contributed by atoms with van der Waals surface area (Å²) >= 11 is 1.80. The second-order valence-electron chi connectivity index (χ2n) is 3.59. The Kier molecular flexibility index (Phi) is 2.96. The minimum absolute atomic E-state index is 0.946. The minimum atomic E-state index is 0.946. The largest absolute Gasteiger partial charge is 0.361 e. The third kappa shape index (κ3) is 2.03. The molecule has 0 saturated heterocycles. The summed E-state index contributed by atoms with van der Waals surface area (Å²) in [5, 5.41) is 1.16. The van der Waals surface area contributed by atoms with Crippen molar-refractivity contribution in [1.82, 2.24) is 9.80 Å². The van der Waals surface area contributed by atoms with Gasteiger partial charge in [0.05, 0.1) is 18.8 Å². The Labute approximate surface area is 89.1 Å². The first kappa shape index (κ1) is 9.83. The van der Waals surface area contributed by atoms with Gasteiger partial charge in [0.15, 0.2) is 5.17 Å². The number of hydrogen-bond acceptors (Lipinski definition) is 5. The first-order valence-corrected chi connectivity index (χ1v) is 5.89. The van der Waals surface area contributed by atoms with Crippen molar-refractivity contribution in [2.24, 2.45) is 9.98 Å². The van der Waals surface area contributed by atoms with Gasteiger partial charge in [-0.3, -0.25) is 9.98 Å². The summed E-state index contributed by atoms with van der Waals surface area (Å²) in [6.45, 7) is 4.03. The van der Waals surface area contributed by atoms with E-state index in [4.69, 9.17) is 0 Å². The minimum Gasteiger partial charge on any atom is -0.361 e. The Morgan fingerprint density at radius 3 is 2.43 bits per heavy atom. The van der Waals surface area contributed by atoms with Crippen LogP contribution in [0, 0.1) is 0 Å². The third-order valence-corrected chi connectivity index (χ3v) is 3.61. The molecule has 2 aliphatic heterocycles. The molecule has 2 rings (SSSR count). The predicted molar refractivity (Wildman–Crippen MR) is 62.3 cm³/mol. The van der Waals surface area contributed by atoms with Crippen LogP contribution in [0.25, 0.3) is 0 Å². The molecule has 0 atom stereocenters. The molecule has 0 aliphatic carbocycles. The molecule has 0 saturated carbocycles. The molecule has 0 radical (unpaired) electrons. The molecule has 0 aromatic heterocycles. The van der Waals surface area contributed by atoms with Crippen molar-refractivity contribution >= 4 is 22.8 Å². The fraction of sp³-hybridized carbons (Fsp3) is 0.778. The fourth-order valence-electron chi connectivity index (χ4n) is 1.53. The zero-order valence-electron chi connectivity index (χ0n) is 8.73. The van der Waals surface area contributed by atoms with Gasteiger partial charge in [0, 0.05) is 27.2 Å². The molecule has 0 aromatic carbocycles. The number of amidine groups is 2. The van der Waals surface area contributed by atoms with E-state index in [0.29, 0.717) is 0 Å². The van der Waals surface area contributed by atoms with Gasteiger partial charge in [-0.05, 0) is 0 Å². The lowest BCUT2D eigenvalue weighted by Gasteiger charge is -2.16. The molecule has 14 heavy (non-hydrogen) atoms. The topological polar surface area (TPSA) is 31.2 Å². The van der Waals surface area contributed by atoms with Crippen molar-refractivity contribution in [2.75, 3.05) is 46.0 Å². The average Bonchev–Trinajstić information content (AvgIpc) is 2.72. The van der Waals surface area contributed by atoms with E-state index >= 15 is 0 Å². The van der Waals surface area contributed by atoms with E-state index in [2.05, 4.69) is 33.9 Å². The van der Waals surface area contributed by atoms with Crippen LogP contribution in [0.2, 0.25) is 0 Å². The molecule has 4 nitrogen and oxygen atoms in total. The lowest BCUT2D eigenvalue weighted by molar-refractivity contribution is 0.554. The number of nitrogens with zero attached hydrogens (tertiary/aromatic N) is 4. The highest BCUT2D eigenvalue weighted by atomic mass is 32.2. The monoisotopic (exact) mass is 212 g/mol. The van der Waals surface area contributed by atoms with Crippen molar-refractivity contribution in [2.45, 2.75) is 0 Å². The van der Waals surface area contributed by atoms with Gasteiger partial charge in [-0.15, -0.1) is 0 Å². The van der Waals surface area contributed by atoms with Crippen molar-refractivity contribution in [1.29, 1.82) is 0 Å². The number of rotatable bonds is 2. The van der Waals surface area contributed by atoms with Crippen LogP contribution in [0.3, 0.4) is 0 Å². The highest BCUT2D eigenvalue weighted by Gasteiger charge is 2.17. The lowest BCUT2D eigenvalue weighted by Crippen LogP contribution is -2.26. The summed E-state index contributed by atoms with van der Waals surface area (Å²) in [6, 6.07) is 0. The van der Waals surface area contributed by atoms with Crippen LogP contribution in [0.1, 0.15) is 0 Å². The summed E-state index contributed by atoms with van der Waals surface area (Å²) in [7, 11) is 4.20. The molecular weight excluding hydrogens is 196 g/mol. The van der Waals surface area contributed by atoms with E-state index in [1.807, 2.05) is 0 Å². The van der Waals surface area contributed by atoms with Gasteiger partial charge < -0.3 is 9.80 Å². The normalized spacial score (nSPS) is 21.6. The average molecular weight is 212 g/mol. The summed E-state index contributed by atoms with van der Waals surface area (Å²) in [4.78, 5) is 13.3. The van der Waals surface area contributed by atoms with Crippen LogP contribution in [0.4, 0.5) is 0 Å². The number of thioether (sulfide) groups is 1. The first-order valence-electron chi connectivity index (χ1n) is 4.90. The molecule has 5 heteroatoms. The molecule has 0 N–H and O–H groups in total. The Morgan fingerprint density at radius 2 is 1.86 bits per heavy atom. The molecule has 0 fully saturated rings. The van der Waals surface area contributed by atoms with E-state index in [9.17, 15) is 0 Å². The molecule has 78 valence electrons. The van der Waals surface area contributed by atoms with E-state index in [1.165, 1.54) is 5.84 Å². The molecule has 2 heterocycles. The Balaban J connectivity index is 1.82. The van der Waals surface area contributed by atoms with E-state index in [-0.39, 0.29) is 0 Å². The van der Waals surface area contributed by atoms with Crippen LogP contribution in [0.15, 0.2) is 9.98 Å². The molecule has 0 bridgehead atoms. The molecule has 0 aromatic rings. The summed E-state index contributed by atoms with van der Waals surface area (Å²) in [5.41, 5.74) is 0. The summed E-state index contributed by atoms with van der Waals surface area (Å²) in [5.74, 6) is 2.16. The van der Waals surface area contributed by atoms with E-state index < -0.39 is 0 Å². The van der Waals surface area contributed by atoms with Gasteiger partial charge in [0.2, 0.25) is 0 Å². The highest BCUT2D eigenvalue weighted by Crippen LogP contribution is 2.14. The Morgan fingerprint density at radius 1 is 1.14 bits per heavy atom. The van der Waals surface area contributed by atoms with Crippen molar-refractivity contribution in [3.8, 4) is 0 Å². The van der Waals surface area contributed by atoms with Crippen LogP contribution >= 0.6 is 11.8 Å². The van der Waals surface area contributed by atoms with Crippen LogP contribution in [-0.4, -0.2) is 66.8 Å². The zero-order chi connectivity index (χ0) is 9.97. The van der Waals surface area contributed by atoms with E-state index in [0.717, 1.165) is 37.1 Å². The second kappa shape index (κ2) is 4.21. The fourth-order valence-corrected chi connectivity index (χ4v) is 2.60. The SMILES string of the molecule is CN1CCN=C1CSC1=NCCN1C. The Bertz CT molecular complexity index is 246. The quantitative estimate of drug-likeness (QED) is 0.662. The van der Waals surface area contributed by atoms with Crippen molar-refractivity contribution < 1.29 is 0 Å². The standard InChI is InChI=1S/C9H16N4S/c1-12-5-3-10-8(12)7-14-9-11-4-6-13(9)2/h3-7H2,1-2H3. The number of likely N-dealkylation sites (N-methyl/N-ethyl adjacent to an activating group) is 2. The van der Waals surface area contributed by atoms with Crippen molar-refractivity contribution in [3.63, 3.8) is 0 Å². The lowest BCUT2D eigenvalue weighted by atomic mass is 10.6. The third-order valence-electron chi connectivity index (χ3n) is 2.51. The number of aliphatic imine (C=N–C) groups is 2. The molecule has 2 aliphatic rings. The summed E-state index contributed by atoms with van der Waals surface area (Å²) < 4.78 is 0. The Hall–Kier alpha value is -0.710. The molecular formula is C9H16N4S. The van der Waals surface area contributed by atoms with Gasteiger partial charge in [-0.25, -0.2) is 0 Å².